The lowest BCUT2D eigenvalue weighted by Crippen LogP contribution is -2.16. The van der Waals surface area contributed by atoms with Gasteiger partial charge in [0.15, 0.2) is 11.5 Å². The summed E-state index contributed by atoms with van der Waals surface area (Å²) in [6, 6.07) is 17.4. The third kappa shape index (κ3) is 3.58. The Bertz CT molecular complexity index is 1000. The van der Waals surface area contributed by atoms with E-state index < -0.39 is 0 Å². The molecule has 3 aromatic rings. The second kappa shape index (κ2) is 7.41. The summed E-state index contributed by atoms with van der Waals surface area (Å²) in [5.41, 5.74) is 1.58. The van der Waals surface area contributed by atoms with Crippen molar-refractivity contribution in [1.29, 1.82) is 0 Å². The molecule has 0 bridgehead atoms. The van der Waals surface area contributed by atoms with Crippen molar-refractivity contribution in [2.45, 2.75) is 0 Å². The fraction of sp³-hybridized carbons (Fsp3) is 0.136. The Morgan fingerprint density at radius 3 is 2.78 bits per heavy atom. The zero-order valence-corrected chi connectivity index (χ0v) is 14.9. The number of hydrogen-bond donors (Lipinski definition) is 1. The van der Waals surface area contributed by atoms with Crippen LogP contribution in [0.5, 0.6) is 17.2 Å². The Morgan fingerprint density at radius 1 is 1.07 bits per heavy atom. The van der Waals surface area contributed by atoms with Crippen LogP contribution in [0, 0.1) is 0 Å². The lowest BCUT2D eigenvalue weighted by Gasteiger charge is -2.20. The van der Waals surface area contributed by atoms with Crippen molar-refractivity contribution in [1.82, 2.24) is 0 Å². The molecule has 0 unspecified atom stereocenters. The number of carbonyl (C=O) groups is 1. The molecular formula is C22H19NO4. The molecule has 27 heavy (non-hydrogen) atoms. The maximum Gasteiger partial charge on any atom is 0.248 e. The van der Waals surface area contributed by atoms with Gasteiger partial charge in [-0.25, -0.2) is 0 Å². The summed E-state index contributed by atoms with van der Waals surface area (Å²) in [6.07, 6.45) is 3.22. The van der Waals surface area contributed by atoms with Crippen molar-refractivity contribution in [3.8, 4) is 17.2 Å². The van der Waals surface area contributed by atoms with E-state index in [1.165, 1.54) is 6.08 Å². The van der Waals surface area contributed by atoms with Gasteiger partial charge >= 0.3 is 0 Å². The van der Waals surface area contributed by atoms with Crippen LogP contribution in [-0.2, 0) is 4.79 Å². The summed E-state index contributed by atoms with van der Waals surface area (Å²) < 4.78 is 16.6. The van der Waals surface area contributed by atoms with E-state index in [-0.39, 0.29) is 5.91 Å². The van der Waals surface area contributed by atoms with E-state index in [4.69, 9.17) is 14.2 Å². The molecular weight excluding hydrogens is 342 g/mol. The third-order valence-corrected chi connectivity index (χ3v) is 4.32. The van der Waals surface area contributed by atoms with Crippen molar-refractivity contribution in [3.63, 3.8) is 0 Å². The van der Waals surface area contributed by atoms with Crippen LogP contribution < -0.4 is 19.5 Å². The minimum absolute atomic E-state index is 0.208. The molecule has 0 saturated heterocycles. The van der Waals surface area contributed by atoms with Crippen molar-refractivity contribution in [3.05, 3.63) is 66.2 Å². The number of carbonyl (C=O) groups excluding carboxylic acids is 1. The Hall–Kier alpha value is -3.47. The Balaban J connectivity index is 1.55. The molecule has 1 aliphatic rings. The minimum atomic E-state index is -0.208. The van der Waals surface area contributed by atoms with Gasteiger partial charge < -0.3 is 19.5 Å². The number of hydrogen-bond acceptors (Lipinski definition) is 4. The number of nitrogens with one attached hydrogen (secondary N) is 1. The van der Waals surface area contributed by atoms with Crippen LogP contribution in [-0.4, -0.2) is 26.2 Å². The Morgan fingerprint density at radius 2 is 1.89 bits per heavy atom. The summed E-state index contributed by atoms with van der Waals surface area (Å²) in [6.45, 7) is 0.983. The molecule has 136 valence electrons. The Kier molecular flexibility index (Phi) is 4.66. The molecule has 3 aromatic carbocycles. The van der Waals surface area contributed by atoms with Gasteiger partial charge in [0.25, 0.3) is 0 Å². The van der Waals surface area contributed by atoms with Gasteiger partial charge in [0.2, 0.25) is 11.7 Å². The number of ether oxygens (including phenoxy) is 3. The van der Waals surface area contributed by atoms with Crippen molar-refractivity contribution in [2.75, 3.05) is 25.6 Å². The van der Waals surface area contributed by atoms with Gasteiger partial charge in [-0.1, -0.05) is 36.4 Å². The van der Waals surface area contributed by atoms with E-state index in [1.807, 2.05) is 54.6 Å². The highest BCUT2D eigenvalue weighted by Gasteiger charge is 2.17. The summed E-state index contributed by atoms with van der Waals surface area (Å²) in [7, 11) is 1.58. The normalized spacial score (nSPS) is 12.9. The van der Waals surface area contributed by atoms with Crippen LogP contribution in [0.15, 0.2) is 60.7 Å². The molecule has 5 heteroatoms. The zero-order chi connectivity index (χ0) is 18.6. The van der Waals surface area contributed by atoms with E-state index in [2.05, 4.69) is 5.32 Å². The van der Waals surface area contributed by atoms with Crippen LogP contribution in [0.4, 0.5) is 5.69 Å². The fourth-order valence-electron chi connectivity index (χ4n) is 3.07. The lowest BCUT2D eigenvalue weighted by molar-refractivity contribution is -0.111. The zero-order valence-electron chi connectivity index (χ0n) is 14.9. The first-order valence-corrected chi connectivity index (χ1v) is 8.69. The smallest absolute Gasteiger partial charge is 0.248 e. The molecule has 0 saturated carbocycles. The first kappa shape index (κ1) is 17.0. The van der Waals surface area contributed by atoms with E-state index in [9.17, 15) is 4.79 Å². The fourth-order valence-corrected chi connectivity index (χ4v) is 3.07. The molecule has 0 fully saturated rings. The van der Waals surface area contributed by atoms with Crippen molar-refractivity contribution in [2.24, 2.45) is 0 Å². The average Bonchev–Trinajstić information content (AvgIpc) is 2.72. The lowest BCUT2D eigenvalue weighted by atomic mass is 10.1. The maximum atomic E-state index is 12.4. The first-order chi connectivity index (χ1) is 13.2. The Labute approximate surface area is 157 Å². The second-order valence-electron chi connectivity index (χ2n) is 6.10. The van der Waals surface area contributed by atoms with Gasteiger partial charge in [-0.3, -0.25) is 4.79 Å². The molecule has 1 heterocycles. The van der Waals surface area contributed by atoms with Gasteiger partial charge in [-0.05, 0) is 35.2 Å². The molecule has 5 nitrogen and oxygen atoms in total. The number of amides is 1. The second-order valence-corrected chi connectivity index (χ2v) is 6.10. The average molecular weight is 361 g/mol. The van der Waals surface area contributed by atoms with Crippen molar-refractivity contribution < 1.29 is 19.0 Å². The highest BCUT2D eigenvalue weighted by molar-refractivity contribution is 6.07. The number of methoxy groups -OCH3 is 1. The number of fused-ring (bicyclic) bond motifs is 2. The van der Waals surface area contributed by atoms with Gasteiger partial charge in [0, 0.05) is 17.1 Å². The summed E-state index contributed by atoms with van der Waals surface area (Å²) in [5.74, 6) is 1.59. The molecule has 1 aliphatic heterocycles. The SMILES string of the molecule is COc1cc(/C=C/C(=O)Nc2cccc3ccccc23)cc2c1OCCO2. The molecule has 4 rings (SSSR count). The number of benzene rings is 3. The predicted molar refractivity (Wildman–Crippen MR) is 106 cm³/mol. The molecule has 1 N–H and O–H groups in total. The monoisotopic (exact) mass is 361 g/mol. The van der Waals surface area contributed by atoms with Crippen molar-refractivity contribution >= 4 is 28.4 Å². The largest absolute Gasteiger partial charge is 0.493 e. The van der Waals surface area contributed by atoms with Crippen LogP contribution in [0.25, 0.3) is 16.8 Å². The predicted octanol–water partition coefficient (Wildman–Crippen LogP) is 4.27. The topological polar surface area (TPSA) is 56.8 Å². The van der Waals surface area contributed by atoms with Crippen LogP contribution >= 0.6 is 0 Å². The van der Waals surface area contributed by atoms with Gasteiger partial charge in [0.05, 0.1) is 7.11 Å². The van der Waals surface area contributed by atoms with Crippen LogP contribution in [0.3, 0.4) is 0 Å². The first-order valence-electron chi connectivity index (χ1n) is 8.69. The third-order valence-electron chi connectivity index (χ3n) is 4.32. The summed E-state index contributed by atoms with van der Waals surface area (Å²) in [5, 5.41) is 5.02. The molecule has 0 radical (unpaired) electrons. The van der Waals surface area contributed by atoms with Crippen LogP contribution in [0.2, 0.25) is 0 Å². The van der Waals surface area contributed by atoms with E-state index in [0.29, 0.717) is 30.5 Å². The highest BCUT2D eigenvalue weighted by Crippen LogP contribution is 2.40. The van der Waals surface area contributed by atoms with Gasteiger partial charge in [-0.15, -0.1) is 0 Å². The molecule has 0 aliphatic carbocycles. The number of anilines is 1. The minimum Gasteiger partial charge on any atom is -0.493 e. The van der Waals surface area contributed by atoms with E-state index in [0.717, 1.165) is 22.0 Å². The molecule has 1 amide bonds. The van der Waals surface area contributed by atoms with E-state index in [1.54, 1.807) is 13.2 Å². The highest BCUT2D eigenvalue weighted by atomic mass is 16.6. The molecule has 0 atom stereocenters. The maximum absolute atomic E-state index is 12.4. The molecule has 0 spiro atoms. The van der Waals surface area contributed by atoms with E-state index >= 15 is 0 Å². The summed E-state index contributed by atoms with van der Waals surface area (Å²) >= 11 is 0. The number of rotatable bonds is 4. The quantitative estimate of drug-likeness (QED) is 0.705. The summed E-state index contributed by atoms with van der Waals surface area (Å²) in [4.78, 5) is 12.4. The standard InChI is InChI=1S/C22H19NO4/c1-25-19-13-15(14-20-22(19)27-12-11-26-20)9-10-21(24)23-18-8-4-6-16-5-2-3-7-17(16)18/h2-10,13-14H,11-12H2,1H3,(H,23,24)/b10-9+. The molecule has 0 aromatic heterocycles. The van der Waals surface area contributed by atoms with Gasteiger partial charge in [0.1, 0.15) is 13.2 Å². The van der Waals surface area contributed by atoms with Crippen LogP contribution in [0.1, 0.15) is 5.56 Å². The van der Waals surface area contributed by atoms with Gasteiger partial charge in [-0.2, -0.15) is 0 Å².